The van der Waals surface area contributed by atoms with Crippen molar-refractivity contribution in [3.05, 3.63) is 11.6 Å². The van der Waals surface area contributed by atoms with E-state index in [1.165, 1.54) is 0 Å². The van der Waals surface area contributed by atoms with E-state index < -0.39 is 0 Å². The normalized spacial score (nSPS) is 17.6. The number of aliphatic imine (C=N–C) groups is 1. The fourth-order valence-electron chi connectivity index (χ4n) is 2.74. The maximum Gasteiger partial charge on any atom is 0.191 e. The van der Waals surface area contributed by atoms with Crippen LogP contribution in [0.1, 0.15) is 52.7 Å². The van der Waals surface area contributed by atoms with Gasteiger partial charge in [-0.1, -0.05) is 6.92 Å². The summed E-state index contributed by atoms with van der Waals surface area (Å²) in [6.45, 7) is 14.0. The predicted molar refractivity (Wildman–Crippen MR) is 114 cm³/mol. The maximum absolute atomic E-state index is 4.67. The van der Waals surface area contributed by atoms with Gasteiger partial charge in [-0.15, -0.1) is 24.0 Å². The number of guanidine groups is 1. The quantitative estimate of drug-likeness (QED) is 0.259. The van der Waals surface area contributed by atoms with Gasteiger partial charge in [0.25, 0.3) is 0 Å². The Bertz CT molecular complexity index is 548. The smallest absolute Gasteiger partial charge is 0.191 e. The number of nitrogens with one attached hydrogen (secondary N) is 3. The Labute approximate surface area is 168 Å². The van der Waals surface area contributed by atoms with Crippen molar-refractivity contribution in [3.8, 4) is 0 Å². The number of rotatable bonds is 6. The molecule has 3 N–H and O–H groups in total. The second kappa shape index (κ2) is 10.3. The highest BCUT2D eigenvalue weighted by molar-refractivity contribution is 14.0. The third-order valence-electron chi connectivity index (χ3n) is 3.94. The van der Waals surface area contributed by atoms with Gasteiger partial charge in [0.05, 0.1) is 13.1 Å². The van der Waals surface area contributed by atoms with Crippen LogP contribution in [0.5, 0.6) is 0 Å². The molecule has 144 valence electrons. The Morgan fingerprint density at radius 1 is 1.32 bits per heavy atom. The lowest BCUT2D eigenvalue weighted by Crippen LogP contribution is -2.47. The van der Waals surface area contributed by atoms with E-state index in [-0.39, 0.29) is 29.5 Å². The summed E-state index contributed by atoms with van der Waals surface area (Å²) in [6, 6.07) is 0.345. The highest BCUT2D eigenvalue weighted by atomic mass is 127. The Hall–Kier alpha value is -0.900. The maximum atomic E-state index is 4.67. The van der Waals surface area contributed by atoms with E-state index in [2.05, 4.69) is 65.6 Å². The van der Waals surface area contributed by atoms with Crippen molar-refractivity contribution in [3.63, 3.8) is 0 Å². The summed E-state index contributed by atoms with van der Waals surface area (Å²) < 4.78 is 2.05. The zero-order chi connectivity index (χ0) is 17.6. The van der Waals surface area contributed by atoms with Gasteiger partial charge >= 0.3 is 0 Å². The SMILES string of the molecule is CCNC(=NCCNC(C)(C)C)NC1CCc2nc(CC)nn2C1.I. The monoisotopic (exact) mass is 463 g/mol. The highest BCUT2D eigenvalue weighted by Gasteiger charge is 2.22. The molecule has 0 spiro atoms. The molecule has 8 heteroatoms. The van der Waals surface area contributed by atoms with Crippen LogP contribution in [0, 0.1) is 0 Å². The molecule has 0 aliphatic carbocycles. The highest BCUT2D eigenvalue weighted by Crippen LogP contribution is 2.13. The largest absolute Gasteiger partial charge is 0.357 e. The molecule has 1 aromatic rings. The predicted octanol–water partition coefficient (Wildman–Crippen LogP) is 1.72. The van der Waals surface area contributed by atoms with Crippen LogP contribution in [0.25, 0.3) is 0 Å². The van der Waals surface area contributed by atoms with E-state index in [0.717, 1.165) is 63.0 Å². The molecular formula is C17H34IN7. The first-order valence-corrected chi connectivity index (χ1v) is 9.13. The first kappa shape index (κ1) is 22.1. The van der Waals surface area contributed by atoms with E-state index in [9.17, 15) is 0 Å². The van der Waals surface area contributed by atoms with E-state index >= 15 is 0 Å². The Kier molecular flexibility index (Phi) is 9.12. The molecule has 2 heterocycles. The number of hydrogen-bond donors (Lipinski definition) is 3. The van der Waals surface area contributed by atoms with Gasteiger partial charge in [0.15, 0.2) is 11.8 Å². The third-order valence-corrected chi connectivity index (χ3v) is 3.94. The second-order valence-corrected chi connectivity index (χ2v) is 7.30. The van der Waals surface area contributed by atoms with E-state index in [0.29, 0.717) is 6.04 Å². The van der Waals surface area contributed by atoms with Gasteiger partial charge < -0.3 is 16.0 Å². The van der Waals surface area contributed by atoms with Gasteiger partial charge in [0, 0.05) is 37.5 Å². The first-order valence-electron chi connectivity index (χ1n) is 9.13. The van der Waals surface area contributed by atoms with Crippen LogP contribution in [0.15, 0.2) is 4.99 Å². The average molecular weight is 463 g/mol. The van der Waals surface area contributed by atoms with Crippen LogP contribution in [0.3, 0.4) is 0 Å². The zero-order valence-corrected chi connectivity index (χ0v) is 18.6. The molecule has 0 bridgehead atoms. The van der Waals surface area contributed by atoms with Gasteiger partial charge in [-0.2, -0.15) is 5.10 Å². The van der Waals surface area contributed by atoms with Crippen molar-refractivity contribution in [2.24, 2.45) is 4.99 Å². The minimum absolute atomic E-state index is 0. The third kappa shape index (κ3) is 7.47. The standard InChI is InChI=1S/C17H33N7.HI/c1-6-14-22-15-9-8-13(12-24(15)23-14)21-16(18-7-2)19-10-11-20-17(3,4)5;/h13,20H,6-12H2,1-5H3,(H2,18,19,21);1H. The first-order chi connectivity index (χ1) is 11.4. The van der Waals surface area contributed by atoms with Gasteiger partial charge in [0.1, 0.15) is 5.82 Å². The molecule has 1 atom stereocenters. The Morgan fingerprint density at radius 2 is 2.08 bits per heavy atom. The molecule has 7 nitrogen and oxygen atoms in total. The molecule has 0 amide bonds. The molecule has 0 saturated heterocycles. The van der Waals surface area contributed by atoms with E-state index in [1.54, 1.807) is 0 Å². The summed E-state index contributed by atoms with van der Waals surface area (Å²) in [4.78, 5) is 9.25. The van der Waals surface area contributed by atoms with Crippen LogP contribution in [0.2, 0.25) is 0 Å². The lowest BCUT2D eigenvalue weighted by Gasteiger charge is -2.25. The molecule has 0 radical (unpaired) electrons. The van der Waals surface area contributed by atoms with Crippen molar-refractivity contribution in [1.82, 2.24) is 30.7 Å². The van der Waals surface area contributed by atoms with Crippen molar-refractivity contribution >= 4 is 29.9 Å². The fourth-order valence-corrected chi connectivity index (χ4v) is 2.74. The van der Waals surface area contributed by atoms with Gasteiger partial charge in [-0.25, -0.2) is 9.67 Å². The van der Waals surface area contributed by atoms with E-state index in [1.807, 2.05) is 4.68 Å². The topological polar surface area (TPSA) is 79.2 Å². The Balaban J connectivity index is 0.00000312. The molecular weight excluding hydrogens is 429 g/mol. The zero-order valence-electron chi connectivity index (χ0n) is 16.2. The molecule has 1 aliphatic rings. The molecule has 2 rings (SSSR count). The summed E-state index contributed by atoms with van der Waals surface area (Å²) in [7, 11) is 0. The molecule has 0 aromatic carbocycles. The molecule has 1 unspecified atom stereocenters. The van der Waals surface area contributed by atoms with E-state index in [4.69, 9.17) is 0 Å². The van der Waals surface area contributed by atoms with Crippen molar-refractivity contribution in [2.75, 3.05) is 19.6 Å². The molecule has 0 saturated carbocycles. The summed E-state index contributed by atoms with van der Waals surface area (Å²) in [5, 5.41) is 14.9. The van der Waals surface area contributed by atoms with Gasteiger partial charge in [-0.05, 0) is 34.1 Å². The summed E-state index contributed by atoms with van der Waals surface area (Å²) >= 11 is 0. The van der Waals surface area contributed by atoms with Crippen molar-refractivity contribution in [1.29, 1.82) is 0 Å². The minimum Gasteiger partial charge on any atom is -0.357 e. The van der Waals surface area contributed by atoms with Crippen LogP contribution in [0.4, 0.5) is 0 Å². The van der Waals surface area contributed by atoms with Crippen molar-refractivity contribution < 1.29 is 0 Å². The van der Waals surface area contributed by atoms with Crippen LogP contribution in [-0.2, 0) is 19.4 Å². The van der Waals surface area contributed by atoms with Crippen LogP contribution in [-0.4, -0.2) is 51.9 Å². The summed E-state index contributed by atoms with van der Waals surface area (Å²) in [6.07, 6.45) is 2.92. The summed E-state index contributed by atoms with van der Waals surface area (Å²) in [5.41, 5.74) is 0.130. The van der Waals surface area contributed by atoms with Crippen LogP contribution < -0.4 is 16.0 Å². The molecule has 1 aromatic heterocycles. The molecule has 0 fully saturated rings. The second-order valence-electron chi connectivity index (χ2n) is 7.30. The Morgan fingerprint density at radius 3 is 2.72 bits per heavy atom. The number of hydrogen-bond acceptors (Lipinski definition) is 4. The number of fused-ring (bicyclic) bond motifs is 1. The number of aromatic nitrogens is 3. The fraction of sp³-hybridized carbons (Fsp3) is 0.824. The molecule has 25 heavy (non-hydrogen) atoms. The lowest BCUT2D eigenvalue weighted by molar-refractivity contribution is 0.391. The number of halogens is 1. The van der Waals surface area contributed by atoms with Gasteiger partial charge in [0.2, 0.25) is 0 Å². The average Bonchev–Trinajstić information content (AvgIpc) is 2.93. The number of aryl methyl sites for hydroxylation is 2. The van der Waals surface area contributed by atoms with Gasteiger partial charge in [-0.3, -0.25) is 4.99 Å². The minimum atomic E-state index is 0. The summed E-state index contributed by atoms with van der Waals surface area (Å²) in [5.74, 6) is 2.94. The van der Waals surface area contributed by atoms with Crippen LogP contribution >= 0.6 is 24.0 Å². The molecule has 1 aliphatic heterocycles. The number of nitrogens with zero attached hydrogens (tertiary/aromatic N) is 4. The van der Waals surface area contributed by atoms with Crippen molar-refractivity contribution in [2.45, 2.75) is 72.0 Å². The lowest BCUT2D eigenvalue weighted by atomic mass is 10.1.